The first-order chi connectivity index (χ1) is 11.1. The molecule has 4 rings (SSSR count). The molecule has 2 aliphatic heterocycles. The van der Waals surface area contributed by atoms with E-state index >= 15 is 0 Å². The minimum absolute atomic E-state index is 0.159. The number of hydrogen-bond donors (Lipinski definition) is 1. The molecule has 0 bridgehead atoms. The largest absolute Gasteiger partial charge is 0.317 e. The van der Waals surface area contributed by atoms with E-state index in [0.717, 1.165) is 37.8 Å². The summed E-state index contributed by atoms with van der Waals surface area (Å²) in [4.78, 5) is 16.2. The number of carbonyl (C=O) groups is 1. The van der Waals surface area contributed by atoms with Gasteiger partial charge in [-0.1, -0.05) is 12.1 Å². The van der Waals surface area contributed by atoms with E-state index in [2.05, 4.69) is 35.5 Å². The molecule has 1 aromatic rings. The predicted molar refractivity (Wildman–Crippen MR) is 93.0 cm³/mol. The molecule has 23 heavy (non-hydrogen) atoms. The number of carbonyl (C=O) groups excluding carboxylic acids is 1. The number of benzene rings is 1. The molecular formula is C19H27N3O. The van der Waals surface area contributed by atoms with Crippen LogP contribution in [0.1, 0.15) is 43.2 Å². The molecule has 1 saturated heterocycles. The van der Waals surface area contributed by atoms with Gasteiger partial charge in [0.05, 0.1) is 0 Å². The highest BCUT2D eigenvalue weighted by Gasteiger charge is 2.43. The minimum Gasteiger partial charge on any atom is -0.317 e. The number of rotatable bonds is 3. The van der Waals surface area contributed by atoms with Gasteiger partial charge in [0.1, 0.15) is 0 Å². The van der Waals surface area contributed by atoms with Crippen molar-refractivity contribution >= 4 is 11.6 Å². The molecule has 0 spiro atoms. The molecule has 4 nitrogen and oxygen atoms in total. The van der Waals surface area contributed by atoms with Crippen molar-refractivity contribution in [3.63, 3.8) is 0 Å². The maximum absolute atomic E-state index is 11.7. The quantitative estimate of drug-likeness (QED) is 0.928. The van der Waals surface area contributed by atoms with Crippen LogP contribution in [0.5, 0.6) is 0 Å². The lowest BCUT2D eigenvalue weighted by atomic mass is 10.0. The van der Waals surface area contributed by atoms with Crippen LogP contribution >= 0.6 is 0 Å². The number of likely N-dealkylation sites (N-methyl/N-ethyl adjacent to an activating group) is 1. The van der Waals surface area contributed by atoms with E-state index in [9.17, 15) is 4.79 Å². The summed E-state index contributed by atoms with van der Waals surface area (Å²) in [6.45, 7) is 4.82. The average Bonchev–Trinajstić information content (AvgIpc) is 3.26. The second-order valence-corrected chi connectivity index (χ2v) is 7.36. The number of fused-ring (bicyclic) bond motifs is 1. The highest BCUT2D eigenvalue weighted by molar-refractivity contribution is 5.93. The molecule has 1 saturated carbocycles. The molecule has 1 N–H and O–H groups in total. The third kappa shape index (κ3) is 2.79. The zero-order valence-corrected chi connectivity index (χ0v) is 14.2. The maximum Gasteiger partial charge on any atom is 0.223 e. The third-order valence-corrected chi connectivity index (χ3v) is 5.97. The van der Waals surface area contributed by atoms with E-state index in [1.165, 1.54) is 30.4 Å². The molecular weight excluding hydrogens is 286 g/mol. The second kappa shape index (κ2) is 5.91. The lowest BCUT2D eigenvalue weighted by Gasteiger charge is -2.32. The van der Waals surface area contributed by atoms with Crippen molar-refractivity contribution in [2.75, 3.05) is 31.6 Å². The van der Waals surface area contributed by atoms with Crippen molar-refractivity contribution in [2.45, 2.75) is 50.6 Å². The molecule has 1 aromatic carbocycles. The summed E-state index contributed by atoms with van der Waals surface area (Å²) in [5.41, 5.74) is 3.96. The lowest BCUT2D eigenvalue weighted by Crippen LogP contribution is -2.42. The molecule has 0 radical (unpaired) electrons. The highest BCUT2D eigenvalue weighted by Crippen LogP contribution is 2.46. The van der Waals surface area contributed by atoms with Crippen LogP contribution < -0.4 is 10.2 Å². The van der Waals surface area contributed by atoms with Crippen LogP contribution in [-0.4, -0.2) is 49.6 Å². The fourth-order valence-electron chi connectivity index (χ4n) is 4.45. The fourth-order valence-corrected chi connectivity index (χ4v) is 4.45. The number of nitrogens with zero attached hydrogens (tertiary/aromatic N) is 2. The summed E-state index contributed by atoms with van der Waals surface area (Å²) in [5.74, 6) is 0.845. The number of nitrogens with one attached hydrogen (secondary N) is 1. The normalized spacial score (nSPS) is 27.3. The zero-order valence-electron chi connectivity index (χ0n) is 14.2. The summed E-state index contributed by atoms with van der Waals surface area (Å²) in [6.07, 6.45) is 4.84. The van der Waals surface area contributed by atoms with Crippen LogP contribution in [0, 0.1) is 0 Å². The van der Waals surface area contributed by atoms with Gasteiger partial charge in [0, 0.05) is 37.2 Å². The van der Waals surface area contributed by atoms with Crippen molar-refractivity contribution in [1.29, 1.82) is 0 Å². The molecule has 124 valence electrons. The SMILES string of the molecule is CC(=O)N1CCc2cc(C3CC3N(C)C3CCNCC3)ccc21. The molecule has 2 fully saturated rings. The van der Waals surface area contributed by atoms with E-state index in [-0.39, 0.29) is 5.91 Å². The van der Waals surface area contributed by atoms with Crippen LogP contribution in [0.25, 0.3) is 0 Å². The molecule has 2 heterocycles. The number of anilines is 1. The molecule has 2 atom stereocenters. The van der Waals surface area contributed by atoms with Crippen molar-refractivity contribution in [3.05, 3.63) is 29.3 Å². The third-order valence-electron chi connectivity index (χ3n) is 5.97. The molecule has 3 aliphatic rings. The van der Waals surface area contributed by atoms with Crippen molar-refractivity contribution in [3.8, 4) is 0 Å². The topological polar surface area (TPSA) is 35.6 Å². The van der Waals surface area contributed by atoms with Crippen LogP contribution in [-0.2, 0) is 11.2 Å². The van der Waals surface area contributed by atoms with Crippen LogP contribution in [0.3, 0.4) is 0 Å². The summed E-state index contributed by atoms with van der Waals surface area (Å²) >= 11 is 0. The molecule has 1 aliphatic carbocycles. The average molecular weight is 313 g/mol. The Hall–Kier alpha value is -1.39. The van der Waals surface area contributed by atoms with E-state index < -0.39 is 0 Å². The smallest absolute Gasteiger partial charge is 0.223 e. The fraction of sp³-hybridized carbons (Fsp3) is 0.632. The van der Waals surface area contributed by atoms with Crippen molar-refractivity contribution in [1.82, 2.24) is 10.2 Å². The Morgan fingerprint density at radius 2 is 2.09 bits per heavy atom. The van der Waals surface area contributed by atoms with Gasteiger partial charge in [-0.05, 0) is 63.0 Å². The van der Waals surface area contributed by atoms with Gasteiger partial charge >= 0.3 is 0 Å². The number of amides is 1. The Morgan fingerprint density at radius 1 is 1.30 bits per heavy atom. The Morgan fingerprint density at radius 3 is 2.83 bits per heavy atom. The van der Waals surface area contributed by atoms with E-state index in [0.29, 0.717) is 12.0 Å². The zero-order chi connectivity index (χ0) is 16.0. The molecule has 2 unspecified atom stereocenters. The first kappa shape index (κ1) is 15.2. The Labute approximate surface area is 138 Å². The van der Waals surface area contributed by atoms with Gasteiger partial charge in [0.2, 0.25) is 5.91 Å². The summed E-state index contributed by atoms with van der Waals surface area (Å²) < 4.78 is 0. The Balaban J connectivity index is 1.45. The van der Waals surface area contributed by atoms with Crippen LogP contribution in [0.2, 0.25) is 0 Å². The first-order valence-electron chi connectivity index (χ1n) is 8.98. The van der Waals surface area contributed by atoms with Crippen LogP contribution in [0.4, 0.5) is 5.69 Å². The second-order valence-electron chi connectivity index (χ2n) is 7.36. The molecule has 4 heteroatoms. The lowest BCUT2D eigenvalue weighted by molar-refractivity contribution is -0.116. The van der Waals surface area contributed by atoms with Crippen LogP contribution in [0.15, 0.2) is 18.2 Å². The molecule has 1 amide bonds. The summed E-state index contributed by atoms with van der Waals surface area (Å²) in [7, 11) is 2.31. The Bertz CT molecular complexity index is 609. The monoisotopic (exact) mass is 313 g/mol. The predicted octanol–water partition coefficient (Wildman–Crippen LogP) is 2.14. The summed E-state index contributed by atoms with van der Waals surface area (Å²) in [5, 5.41) is 3.45. The Kier molecular flexibility index (Phi) is 3.90. The van der Waals surface area contributed by atoms with Crippen molar-refractivity contribution < 1.29 is 4.79 Å². The van der Waals surface area contributed by atoms with E-state index in [4.69, 9.17) is 0 Å². The van der Waals surface area contributed by atoms with Gasteiger partial charge in [0.15, 0.2) is 0 Å². The minimum atomic E-state index is 0.159. The van der Waals surface area contributed by atoms with Gasteiger partial charge in [-0.25, -0.2) is 0 Å². The van der Waals surface area contributed by atoms with Gasteiger partial charge in [-0.3, -0.25) is 9.69 Å². The summed E-state index contributed by atoms with van der Waals surface area (Å²) in [6, 6.07) is 8.23. The van der Waals surface area contributed by atoms with Gasteiger partial charge in [0.25, 0.3) is 0 Å². The number of piperidine rings is 1. The van der Waals surface area contributed by atoms with E-state index in [1.54, 1.807) is 6.92 Å². The van der Waals surface area contributed by atoms with Gasteiger partial charge in [-0.15, -0.1) is 0 Å². The van der Waals surface area contributed by atoms with E-state index in [1.807, 2.05) is 4.90 Å². The van der Waals surface area contributed by atoms with Gasteiger partial charge in [-0.2, -0.15) is 0 Å². The highest BCUT2D eigenvalue weighted by atomic mass is 16.2. The molecule has 0 aromatic heterocycles. The van der Waals surface area contributed by atoms with Gasteiger partial charge < -0.3 is 10.2 Å². The standard InChI is InChI=1S/C19H27N3O/c1-13(23)22-10-7-15-11-14(3-4-18(15)22)17-12-19(17)21(2)16-5-8-20-9-6-16/h3-4,11,16-17,19-20H,5-10,12H2,1-2H3. The maximum atomic E-state index is 11.7. The number of hydrogen-bond acceptors (Lipinski definition) is 3. The first-order valence-corrected chi connectivity index (χ1v) is 8.98. The van der Waals surface area contributed by atoms with Crippen molar-refractivity contribution in [2.24, 2.45) is 0 Å².